The Balaban J connectivity index is 1.51. The molecule has 176 valence electrons. The number of nitrogens with zero attached hydrogens (tertiary/aromatic N) is 2. The maximum absolute atomic E-state index is 12.8. The van der Waals surface area contributed by atoms with E-state index in [0.29, 0.717) is 30.0 Å². The average Bonchev–Trinajstić information content (AvgIpc) is 3.45. The van der Waals surface area contributed by atoms with E-state index in [1.807, 2.05) is 19.1 Å². The molecule has 2 aliphatic heterocycles. The molecule has 34 heavy (non-hydrogen) atoms. The third kappa shape index (κ3) is 5.14. The molecule has 2 aromatic rings. The van der Waals surface area contributed by atoms with E-state index in [-0.39, 0.29) is 23.1 Å². The molecule has 4 rings (SSSR count). The predicted molar refractivity (Wildman–Crippen MR) is 128 cm³/mol. The summed E-state index contributed by atoms with van der Waals surface area (Å²) in [6, 6.07) is 11.8. The molecule has 0 atom stereocenters. The molecular weight excluding hydrogens is 456 g/mol. The zero-order valence-corrected chi connectivity index (χ0v) is 19.7. The minimum Gasteiger partial charge on any atom is -0.493 e. The first-order valence-corrected chi connectivity index (χ1v) is 11.7. The number of aryl methyl sites for hydroxylation is 1. The number of esters is 1. The van der Waals surface area contributed by atoms with Crippen LogP contribution in [0.25, 0.3) is 6.08 Å². The largest absolute Gasteiger partial charge is 0.493 e. The summed E-state index contributed by atoms with van der Waals surface area (Å²) in [5.41, 5.74) is 1.96. The summed E-state index contributed by atoms with van der Waals surface area (Å²) < 4.78 is 10.8. The van der Waals surface area contributed by atoms with E-state index in [1.165, 1.54) is 13.2 Å². The molecule has 0 N–H and O–H groups in total. The van der Waals surface area contributed by atoms with Gasteiger partial charge in [0.1, 0.15) is 6.54 Å². The van der Waals surface area contributed by atoms with Crippen LogP contribution in [0, 0.1) is 6.92 Å². The highest BCUT2D eigenvalue weighted by atomic mass is 32.2. The first-order valence-electron chi connectivity index (χ1n) is 10.9. The Kier molecular flexibility index (Phi) is 7.02. The molecule has 0 spiro atoms. The molecule has 2 aliphatic rings. The second-order valence-corrected chi connectivity index (χ2v) is 9.01. The van der Waals surface area contributed by atoms with E-state index >= 15 is 0 Å². The molecule has 0 unspecified atom stereocenters. The normalized spacial score (nSPS) is 16.9. The van der Waals surface area contributed by atoms with Crippen molar-refractivity contribution in [3.8, 4) is 11.5 Å². The van der Waals surface area contributed by atoms with E-state index in [4.69, 9.17) is 9.47 Å². The first-order chi connectivity index (χ1) is 16.4. The van der Waals surface area contributed by atoms with Crippen LogP contribution in [0.5, 0.6) is 11.5 Å². The van der Waals surface area contributed by atoms with Crippen LogP contribution >= 0.6 is 11.8 Å². The number of amides is 3. The number of hydrogen-bond donors (Lipinski definition) is 0. The van der Waals surface area contributed by atoms with Crippen LogP contribution in [-0.4, -0.2) is 59.6 Å². The van der Waals surface area contributed by atoms with Crippen molar-refractivity contribution in [2.45, 2.75) is 19.8 Å². The molecule has 9 heteroatoms. The molecule has 2 aromatic carbocycles. The number of rotatable bonds is 6. The van der Waals surface area contributed by atoms with Crippen molar-refractivity contribution >= 4 is 40.9 Å². The van der Waals surface area contributed by atoms with Crippen molar-refractivity contribution < 1.29 is 28.7 Å². The molecular formula is C25H24N2O6S. The van der Waals surface area contributed by atoms with Gasteiger partial charge in [0.2, 0.25) is 5.91 Å². The van der Waals surface area contributed by atoms with Gasteiger partial charge >= 0.3 is 5.97 Å². The van der Waals surface area contributed by atoms with Crippen molar-refractivity contribution in [2.24, 2.45) is 0 Å². The van der Waals surface area contributed by atoms with Crippen molar-refractivity contribution in [3.05, 3.63) is 64.1 Å². The summed E-state index contributed by atoms with van der Waals surface area (Å²) >= 11 is 0.778. The summed E-state index contributed by atoms with van der Waals surface area (Å²) in [6.45, 7) is 2.97. The van der Waals surface area contributed by atoms with Crippen LogP contribution in [0.3, 0.4) is 0 Å². The Bertz CT molecular complexity index is 1170. The van der Waals surface area contributed by atoms with E-state index in [9.17, 15) is 19.2 Å². The molecule has 0 aliphatic carbocycles. The van der Waals surface area contributed by atoms with Crippen LogP contribution in [0.2, 0.25) is 0 Å². The Morgan fingerprint density at radius 2 is 1.74 bits per heavy atom. The van der Waals surface area contributed by atoms with Gasteiger partial charge < -0.3 is 14.4 Å². The van der Waals surface area contributed by atoms with Gasteiger partial charge in [-0.3, -0.25) is 19.3 Å². The van der Waals surface area contributed by atoms with Gasteiger partial charge in [-0.25, -0.2) is 4.79 Å². The fourth-order valence-corrected chi connectivity index (χ4v) is 4.54. The number of carbonyl (C=O) groups excluding carboxylic acids is 4. The lowest BCUT2D eigenvalue weighted by Gasteiger charge is -2.18. The standard InChI is InChI=1S/C25H24N2O6S/c1-16-5-8-18(9-6-16)24(30)33-20-13-17(7-10-19(20)32-2)14-21-23(29)27(25(31)34-21)15-22(28)26-11-3-4-12-26/h5-10,13-14H,3-4,11-12,15H2,1-2H3/b21-14-. The number of imide groups is 1. The second-order valence-electron chi connectivity index (χ2n) is 8.02. The Hall–Kier alpha value is -3.59. The SMILES string of the molecule is COc1ccc(/C=C2\SC(=O)N(CC(=O)N3CCCC3)C2=O)cc1OC(=O)c1ccc(C)cc1. The maximum atomic E-state index is 12.8. The van der Waals surface area contributed by atoms with Gasteiger partial charge in [0.25, 0.3) is 11.1 Å². The van der Waals surface area contributed by atoms with Gasteiger partial charge in [-0.1, -0.05) is 23.8 Å². The fraction of sp³-hybridized carbons (Fsp3) is 0.280. The highest BCUT2D eigenvalue weighted by Crippen LogP contribution is 2.35. The van der Waals surface area contributed by atoms with Crippen LogP contribution in [0.15, 0.2) is 47.4 Å². The third-order valence-electron chi connectivity index (χ3n) is 5.60. The lowest BCUT2D eigenvalue weighted by Crippen LogP contribution is -2.40. The van der Waals surface area contributed by atoms with Crippen molar-refractivity contribution in [1.82, 2.24) is 9.80 Å². The summed E-state index contributed by atoms with van der Waals surface area (Å²) in [5.74, 6) is -0.754. The highest BCUT2D eigenvalue weighted by molar-refractivity contribution is 8.18. The number of likely N-dealkylation sites (tertiary alicyclic amines) is 1. The summed E-state index contributed by atoms with van der Waals surface area (Å²) in [7, 11) is 1.46. The van der Waals surface area contributed by atoms with Gasteiger partial charge in [-0.15, -0.1) is 0 Å². The Morgan fingerprint density at radius 3 is 2.41 bits per heavy atom. The molecule has 0 aromatic heterocycles. The minimum absolute atomic E-state index is 0.185. The fourth-order valence-electron chi connectivity index (χ4n) is 3.70. The van der Waals surface area contributed by atoms with Crippen LogP contribution in [-0.2, 0) is 9.59 Å². The second kappa shape index (κ2) is 10.1. The van der Waals surface area contributed by atoms with Crippen LogP contribution < -0.4 is 9.47 Å². The zero-order chi connectivity index (χ0) is 24.2. The molecule has 2 fully saturated rings. The smallest absolute Gasteiger partial charge is 0.343 e. The van der Waals surface area contributed by atoms with Gasteiger partial charge in [0.15, 0.2) is 11.5 Å². The highest BCUT2D eigenvalue weighted by Gasteiger charge is 2.37. The van der Waals surface area contributed by atoms with Crippen LogP contribution in [0.4, 0.5) is 4.79 Å². The first kappa shape index (κ1) is 23.6. The van der Waals surface area contributed by atoms with E-state index in [0.717, 1.165) is 35.1 Å². The molecule has 3 amide bonds. The average molecular weight is 481 g/mol. The number of thioether (sulfide) groups is 1. The minimum atomic E-state index is -0.545. The Labute approximate surface area is 201 Å². The number of benzene rings is 2. The van der Waals surface area contributed by atoms with E-state index < -0.39 is 17.1 Å². The van der Waals surface area contributed by atoms with Gasteiger partial charge in [-0.2, -0.15) is 0 Å². The monoisotopic (exact) mass is 480 g/mol. The number of carbonyl (C=O) groups is 4. The summed E-state index contributed by atoms with van der Waals surface area (Å²) in [5, 5.41) is -0.483. The Morgan fingerprint density at radius 1 is 1.03 bits per heavy atom. The molecule has 0 radical (unpaired) electrons. The molecule has 8 nitrogen and oxygen atoms in total. The lowest BCUT2D eigenvalue weighted by molar-refractivity contribution is -0.135. The zero-order valence-electron chi connectivity index (χ0n) is 18.9. The molecule has 0 bridgehead atoms. The number of methoxy groups -OCH3 is 1. The predicted octanol–water partition coefficient (Wildman–Crippen LogP) is 3.88. The van der Waals surface area contributed by atoms with Crippen LogP contribution in [0.1, 0.15) is 34.3 Å². The molecule has 0 saturated carbocycles. The third-order valence-corrected chi connectivity index (χ3v) is 6.51. The molecule has 2 heterocycles. The van der Waals surface area contributed by atoms with Gasteiger partial charge in [0.05, 0.1) is 17.6 Å². The van der Waals surface area contributed by atoms with E-state index in [1.54, 1.807) is 35.2 Å². The summed E-state index contributed by atoms with van der Waals surface area (Å²) in [6.07, 6.45) is 3.40. The quantitative estimate of drug-likeness (QED) is 0.352. The van der Waals surface area contributed by atoms with Crippen molar-refractivity contribution in [3.63, 3.8) is 0 Å². The topological polar surface area (TPSA) is 93.2 Å². The van der Waals surface area contributed by atoms with Crippen molar-refractivity contribution in [2.75, 3.05) is 26.7 Å². The molecule has 2 saturated heterocycles. The van der Waals surface area contributed by atoms with E-state index in [2.05, 4.69) is 0 Å². The van der Waals surface area contributed by atoms with Gasteiger partial charge in [-0.05, 0) is 67.4 Å². The lowest BCUT2D eigenvalue weighted by atomic mass is 10.1. The summed E-state index contributed by atoms with van der Waals surface area (Å²) in [4.78, 5) is 53.0. The number of ether oxygens (including phenoxy) is 2. The van der Waals surface area contributed by atoms with Gasteiger partial charge in [0, 0.05) is 13.1 Å². The number of hydrogen-bond acceptors (Lipinski definition) is 7. The van der Waals surface area contributed by atoms with Crippen molar-refractivity contribution in [1.29, 1.82) is 0 Å². The maximum Gasteiger partial charge on any atom is 0.343 e.